The van der Waals surface area contributed by atoms with E-state index in [0.29, 0.717) is 5.56 Å². The molecule has 0 spiro atoms. The monoisotopic (exact) mass is 224 g/mol. The van der Waals surface area contributed by atoms with Gasteiger partial charge in [0, 0.05) is 5.56 Å². The Labute approximate surface area is 95.4 Å². The summed E-state index contributed by atoms with van der Waals surface area (Å²) in [4.78, 5) is 11.3. The largest absolute Gasteiger partial charge is 0.466 e. The Kier molecular flexibility index (Phi) is 4.05. The molecule has 0 radical (unpaired) electrons. The van der Waals surface area contributed by atoms with E-state index in [2.05, 4.69) is 11.7 Å². The van der Waals surface area contributed by atoms with E-state index in [1.807, 2.05) is 6.07 Å². The van der Waals surface area contributed by atoms with Crippen molar-refractivity contribution in [1.29, 1.82) is 0 Å². The molecule has 0 aliphatic carbocycles. The predicted octanol–water partition coefficient (Wildman–Crippen LogP) is 3.00. The van der Waals surface area contributed by atoms with Crippen LogP contribution in [0, 0.1) is 0 Å². The highest BCUT2D eigenvalue weighted by molar-refractivity contribution is 5.80. The molecule has 0 heterocycles. The second kappa shape index (κ2) is 5.10. The first-order valence-electron chi connectivity index (χ1n) is 5.39. The molecule has 16 heavy (non-hydrogen) atoms. The Balaban J connectivity index is 3.03. The molecule has 0 bridgehead atoms. The van der Waals surface area contributed by atoms with Gasteiger partial charge in [0.2, 0.25) is 5.67 Å². The number of carbonyl (C=O) groups excluding carboxylic acids is 1. The number of hydrogen-bond acceptors (Lipinski definition) is 2. The Morgan fingerprint density at radius 2 is 2.19 bits per heavy atom. The van der Waals surface area contributed by atoms with E-state index in [1.165, 1.54) is 14.0 Å². The maximum atomic E-state index is 14.2. The Morgan fingerprint density at radius 3 is 2.75 bits per heavy atom. The van der Waals surface area contributed by atoms with Crippen molar-refractivity contribution in [3.63, 3.8) is 0 Å². The first-order valence-corrected chi connectivity index (χ1v) is 5.39. The van der Waals surface area contributed by atoms with Gasteiger partial charge in [-0.05, 0) is 18.9 Å². The van der Waals surface area contributed by atoms with Crippen molar-refractivity contribution in [2.45, 2.75) is 32.4 Å². The molecule has 1 aromatic carbocycles. The fraction of sp³-hybridized carbons (Fsp3) is 0.462. The van der Waals surface area contributed by atoms with Crippen LogP contribution in [0.3, 0.4) is 0 Å². The van der Waals surface area contributed by atoms with E-state index in [0.717, 1.165) is 18.4 Å². The normalized spacial score (nSPS) is 14.2. The molecule has 0 aliphatic heterocycles. The van der Waals surface area contributed by atoms with Gasteiger partial charge in [0.05, 0.1) is 7.11 Å². The quantitative estimate of drug-likeness (QED) is 0.735. The highest BCUT2D eigenvalue weighted by Crippen LogP contribution is 2.27. The first-order chi connectivity index (χ1) is 7.52. The van der Waals surface area contributed by atoms with E-state index in [9.17, 15) is 9.18 Å². The molecule has 1 atom stereocenters. The van der Waals surface area contributed by atoms with Crippen molar-refractivity contribution < 1.29 is 13.9 Å². The predicted molar refractivity (Wildman–Crippen MR) is 60.9 cm³/mol. The van der Waals surface area contributed by atoms with Crippen LogP contribution in [0.15, 0.2) is 24.3 Å². The van der Waals surface area contributed by atoms with Crippen molar-refractivity contribution in [3.05, 3.63) is 35.4 Å². The van der Waals surface area contributed by atoms with Gasteiger partial charge in [-0.3, -0.25) is 0 Å². The summed E-state index contributed by atoms with van der Waals surface area (Å²) in [6.07, 6.45) is 1.87. The lowest BCUT2D eigenvalue weighted by Crippen LogP contribution is -2.28. The molecule has 0 amide bonds. The highest BCUT2D eigenvalue weighted by Gasteiger charge is 2.36. The zero-order valence-electron chi connectivity index (χ0n) is 9.92. The zero-order chi connectivity index (χ0) is 12.2. The number of hydrogen-bond donors (Lipinski definition) is 0. The van der Waals surface area contributed by atoms with Gasteiger partial charge in [-0.25, -0.2) is 9.18 Å². The summed E-state index contributed by atoms with van der Waals surface area (Å²) in [6.45, 7) is 3.28. The number of ether oxygens (including phenoxy) is 1. The van der Waals surface area contributed by atoms with Crippen LogP contribution in [0.2, 0.25) is 0 Å². The molecule has 2 nitrogen and oxygen atoms in total. The average molecular weight is 224 g/mol. The summed E-state index contributed by atoms with van der Waals surface area (Å²) in [6, 6.07) is 7.03. The van der Waals surface area contributed by atoms with Crippen LogP contribution < -0.4 is 0 Å². The molecule has 3 heteroatoms. The molecular formula is C13H17FO2. The van der Waals surface area contributed by atoms with Crippen molar-refractivity contribution in [3.8, 4) is 0 Å². The average Bonchev–Trinajstić information content (AvgIpc) is 2.28. The fourth-order valence-corrected chi connectivity index (χ4v) is 1.62. The third kappa shape index (κ3) is 2.60. The number of rotatable bonds is 4. The number of alkyl halides is 1. The molecule has 1 rings (SSSR count). The summed E-state index contributed by atoms with van der Waals surface area (Å²) < 4.78 is 18.6. The Hall–Kier alpha value is -1.38. The molecule has 0 aromatic heterocycles. The van der Waals surface area contributed by atoms with Crippen LogP contribution in [0.25, 0.3) is 0 Å². The first kappa shape index (κ1) is 12.7. The SMILES string of the molecule is CCCc1cccc(C(C)(F)C(=O)OC)c1. The third-order valence-corrected chi connectivity index (χ3v) is 2.58. The lowest BCUT2D eigenvalue weighted by molar-refractivity contribution is -0.154. The van der Waals surface area contributed by atoms with E-state index < -0.39 is 11.6 Å². The van der Waals surface area contributed by atoms with Gasteiger partial charge < -0.3 is 4.74 Å². The molecule has 88 valence electrons. The van der Waals surface area contributed by atoms with Crippen molar-refractivity contribution >= 4 is 5.97 Å². The minimum absolute atomic E-state index is 0.352. The summed E-state index contributed by atoms with van der Waals surface area (Å²) in [5.41, 5.74) is -0.684. The number of methoxy groups -OCH3 is 1. The summed E-state index contributed by atoms with van der Waals surface area (Å²) >= 11 is 0. The van der Waals surface area contributed by atoms with Gasteiger partial charge in [0.1, 0.15) is 0 Å². The topological polar surface area (TPSA) is 26.3 Å². The maximum Gasteiger partial charge on any atom is 0.348 e. The lowest BCUT2D eigenvalue weighted by atomic mass is 9.95. The van der Waals surface area contributed by atoms with E-state index in [4.69, 9.17) is 0 Å². The molecule has 0 aliphatic rings. The van der Waals surface area contributed by atoms with E-state index >= 15 is 0 Å². The van der Waals surface area contributed by atoms with Gasteiger partial charge in [-0.2, -0.15) is 0 Å². The van der Waals surface area contributed by atoms with Crippen LogP contribution in [-0.2, 0) is 21.6 Å². The summed E-state index contributed by atoms with van der Waals surface area (Å²) in [5.74, 6) is -0.860. The highest BCUT2D eigenvalue weighted by atomic mass is 19.1. The van der Waals surface area contributed by atoms with E-state index in [-0.39, 0.29) is 0 Å². The molecule has 0 saturated carbocycles. The van der Waals surface area contributed by atoms with E-state index in [1.54, 1.807) is 18.2 Å². The second-order valence-corrected chi connectivity index (χ2v) is 3.94. The summed E-state index contributed by atoms with van der Waals surface area (Å²) in [7, 11) is 1.19. The van der Waals surface area contributed by atoms with Crippen molar-refractivity contribution in [2.75, 3.05) is 7.11 Å². The minimum Gasteiger partial charge on any atom is -0.466 e. The van der Waals surface area contributed by atoms with Gasteiger partial charge in [0.25, 0.3) is 0 Å². The standard InChI is InChI=1S/C13H17FO2/c1-4-6-10-7-5-8-11(9-10)13(2,14)12(15)16-3/h5,7-9H,4,6H2,1-3H3. The van der Waals surface area contributed by atoms with Gasteiger partial charge in [0.15, 0.2) is 0 Å². The van der Waals surface area contributed by atoms with Crippen LogP contribution in [0.5, 0.6) is 0 Å². The molecule has 0 fully saturated rings. The van der Waals surface area contributed by atoms with Crippen LogP contribution >= 0.6 is 0 Å². The lowest BCUT2D eigenvalue weighted by Gasteiger charge is -2.18. The van der Waals surface area contributed by atoms with Crippen molar-refractivity contribution in [1.82, 2.24) is 0 Å². The summed E-state index contributed by atoms with van der Waals surface area (Å²) in [5, 5.41) is 0. The fourth-order valence-electron chi connectivity index (χ4n) is 1.62. The molecule has 0 N–H and O–H groups in total. The molecule has 1 aromatic rings. The minimum atomic E-state index is -2.07. The Bertz CT molecular complexity index is 372. The molecule has 1 unspecified atom stereocenters. The van der Waals surface area contributed by atoms with Gasteiger partial charge in [-0.15, -0.1) is 0 Å². The number of halogens is 1. The second-order valence-electron chi connectivity index (χ2n) is 3.94. The van der Waals surface area contributed by atoms with Gasteiger partial charge >= 0.3 is 5.97 Å². The van der Waals surface area contributed by atoms with Gasteiger partial charge in [-0.1, -0.05) is 37.6 Å². The number of carbonyl (C=O) groups is 1. The maximum absolute atomic E-state index is 14.2. The van der Waals surface area contributed by atoms with Crippen LogP contribution in [-0.4, -0.2) is 13.1 Å². The van der Waals surface area contributed by atoms with Crippen LogP contribution in [0.1, 0.15) is 31.4 Å². The Morgan fingerprint density at radius 1 is 1.50 bits per heavy atom. The number of aryl methyl sites for hydroxylation is 1. The molecular weight excluding hydrogens is 207 g/mol. The third-order valence-electron chi connectivity index (χ3n) is 2.58. The van der Waals surface area contributed by atoms with Crippen LogP contribution in [0.4, 0.5) is 4.39 Å². The number of esters is 1. The number of benzene rings is 1. The van der Waals surface area contributed by atoms with Crippen molar-refractivity contribution in [2.24, 2.45) is 0 Å². The molecule has 0 saturated heterocycles. The zero-order valence-corrected chi connectivity index (χ0v) is 9.92. The smallest absolute Gasteiger partial charge is 0.348 e.